The predicted octanol–water partition coefficient (Wildman–Crippen LogP) is 1.36. The first-order valence-corrected chi connectivity index (χ1v) is 9.46. The SMILES string of the molecule is CCNC(=NCC(C)(O)c1cnn(C)c1)NCCc1ccc2c(c1)CCO2. The van der Waals surface area contributed by atoms with Crippen molar-refractivity contribution < 1.29 is 9.84 Å². The van der Waals surface area contributed by atoms with E-state index in [1.165, 1.54) is 11.1 Å². The van der Waals surface area contributed by atoms with E-state index >= 15 is 0 Å². The summed E-state index contributed by atoms with van der Waals surface area (Å²) in [6, 6.07) is 6.40. The van der Waals surface area contributed by atoms with Crippen LogP contribution in [0.15, 0.2) is 35.6 Å². The minimum Gasteiger partial charge on any atom is -0.493 e. The number of aromatic nitrogens is 2. The van der Waals surface area contributed by atoms with Crippen molar-refractivity contribution in [3.8, 4) is 5.75 Å². The number of hydrogen-bond acceptors (Lipinski definition) is 4. The van der Waals surface area contributed by atoms with Crippen LogP contribution in [0.3, 0.4) is 0 Å². The molecule has 1 unspecified atom stereocenters. The van der Waals surface area contributed by atoms with Crippen LogP contribution in [-0.2, 0) is 25.5 Å². The minimum absolute atomic E-state index is 0.254. The summed E-state index contributed by atoms with van der Waals surface area (Å²) in [4.78, 5) is 4.55. The van der Waals surface area contributed by atoms with Crippen LogP contribution in [0.25, 0.3) is 0 Å². The van der Waals surface area contributed by atoms with E-state index < -0.39 is 5.60 Å². The number of aliphatic imine (C=N–C) groups is 1. The zero-order chi connectivity index (χ0) is 19.3. The number of guanidine groups is 1. The third kappa shape index (κ3) is 5.01. The highest BCUT2D eigenvalue weighted by atomic mass is 16.5. The maximum absolute atomic E-state index is 10.7. The first-order valence-electron chi connectivity index (χ1n) is 9.46. The monoisotopic (exact) mass is 371 g/mol. The molecule has 3 N–H and O–H groups in total. The number of aliphatic hydroxyl groups is 1. The smallest absolute Gasteiger partial charge is 0.191 e. The Bertz CT molecular complexity index is 797. The average Bonchev–Trinajstić information content (AvgIpc) is 3.28. The lowest BCUT2D eigenvalue weighted by Gasteiger charge is -2.20. The molecule has 1 aromatic heterocycles. The molecule has 2 heterocycles. The normalized spacial score (nSPS) is 15.8. The van der Waals surface area contributed by atoms with Gasteiger partial charge in [-0.3, -0.25) is 4.68 Å². The zero-order valence-corrected chi connectivity index (χ0v) is 16.3. The van der Waals surface area contributed by atoms with Crippen LogP contribution in [0, 0.1) is 0 Å². The van der Waals surface area contributed by atoms with Crippen molar-refractivity contribution in [2.45, 2.75) is 32.3 Å². The van der Waals surface area contributed by atoms with Crippen molar-refractivity contribution in [1.82, 2.24) is 20.4 Å². The van der Waals surface area contributed by atoms with Crippen LogP contribution in [0.1, 0.15) is 30.5 Å². The van der Waals surface area contributed by atoms with Gasteiger partial charge < -0.3 is 20.5 Å². The highest BCUT2D eigenvalue weighted by Crippen LogP contribution is 2.25. The van der Waals surface area contributed by atoms with Crippen LogP contribution in [-0.4, -0.2) is 47.1 Å². The maximum Gasteiger partial charge on any atom is 0.191 e. The van der Waals surface area contributed by atoms with Crippen LogP contribution in [0.2, 0.25) is 0 Å². The Labute approximate surface area is 160 Å². The molecule has 7 heteroatoms. The molecule has 0 spiro atoms. The lowest BCUT2D eigenvalue weighted by molar-refractivity contribution is 0.0672. The quantitative estimate of drug-likeness (QED) is 0.506. The summed E-state index contributed by atoms with van der Waals surface area (Å²) in [6.07, 6.45) is 5.38. The highest BCUT2D eigenvalue weighted by Gasteiger charge is 2.24. The molecule has 146 valence electrons. The van der Waals surface area contributed by atoms with Gasteiger partial charge in [-0.15, -0.1) is 0 Å². The van der Waals surface area contributed by atoms with Crippen molar-refractivity contribution >= 4 is 5.96 Å². The van der Waals surface area contributed by atoms with Crippen LogP contribution < -0.4 is 15.4 Å². The van der Waals surface area contributed by atoms with E-state index in [4.69, 9.17) is 4.74 Å². The van der Waals surface area contributed by atoms with Crippen molar-refractivity contribution in [2.75, 3.05) is 26.2 Å². The number of fused-ring (bicyclic) bond motifs is 1. The van der Waals surface area contributed by atoms with E-state index in [2.05, 4.69) is 38.9 Å². The molecule has 0 bridgehead atoms. The largest absolute Gasteiger partial charge is 0.493 e. The lowest BCUT2D eigenvalue weighted by Crippen LogP contribution is -2.39. The molecule has 1 aliphatic rings. The molecule has 7 nitrogen and oxygen atoms in total. The zero-order valence-electron chi connectivity index (χ0n) is 16.3. The van der Waals surface area contributed by atoms with E-state index in [1.807, 2.05) is 20.2 Å². The molecule has 0 aliphatic carbocycles. The number of nitrogens with zero attached hydrogens (tertiary/aromatic N) is 3. The minimum atomic E-state index is -1.06. The van der Waals surface area contributed by atoms with Crippen molar-refractivity contribution in [3.63, 3.8) is 0 Å². The molecule has 1 aromatic carbocycles. The first kappa shape index (κ1) is 19.2. The Morgan fingerprint density at radius 1 is 1.41 bits per heavy atom. The molecule has 0 saturated carbocycles. The predicted molar refractivity (Wildman–Crippen MR) is 106 cm³/mol. The summed E-state index contributed by atoms with van der Waals surface area (Å²) in [6.45, 7) is 6.34. The Balaban J connectivity index is 1.56. The summed E-state index contributed by atoms with van der Waals surface area (Å²) in [5.41, 5.74) is 2.27. The van der Waals surface area contributed by atoms with E-state index in [0.29, 0.717) is 5.96 Å². The molecule has 3 rings (SSSR count). The molecule has 1 atom stereocenters. The topological polar surface area (TPSA) is 83.7 Å². The van der Waals surface area contributed by atoms with Gasteiger partial charge in [-0.05, 0) is 37.5 Å². The van der Waals surface area contributed by atoms with Crippen molar-refractivity contribution in [1.29, 1.82) is 0 Å². The summed E-state index contributed by atoms with van der Waals surface area (Å²) in [5.74, 6) is 1.71. The molecular formula is C20H29N5O2. The van der Waals surface area contributed by atoms with Gasteiger partial charge in [0.25, 0.3) is 0 Å². The number of rotatable bonds is 7. The molecule has 0 radical (unpaired) electrons. The highest BCUT2D eigenvalue weighted by molar-refractivity contribution is 5.79. The fraction of sp³-hybridized carbons (Fsp3) is 0.500. The average molecular weight is 371 g/mol. The number of benzene rings is 1. The Kier molecular flexibility index (Phi) is 6.01. The Morgan fingerprint density at radius 3 is 3.00 bits per heavy atom. The van der Waals surface area contributed by atoms with Gasteiger partial charge in [-0.1, -0.05) is 12.1 Å². The first-order chi connectivity index (χ1) is 13.0. The van der Waals surface area contributed by atoms with Gasteiger partial charge in [0.05, 0.1) is 19.3 Å². The Hall–Kier alpha value is -2.54. The molecule has 27 heavy (non-hydrogen) atoms. The van der Waals surface area contributed by atoms with Gasteiger partial charge in [-0.25, -0.2) is 4.99 Å². The van der Waals surface area contributed by atoms with Crippen LogP contribution in [0.5, 0.6) is 5.75 Å². The van der Waals surface area contributed by atoms with Crippen molar-refractivity contribution in [3.05, 3.63) is 47.3 Å². The van der Waals surface area contributed by atoms with Gasteiger partial charge in [0.2, 0.25) is 0 Å². The Morgan fingerprint density at radius 2 is 2.26 bits per heavy atom. The molecule has 0 saturated heterocycles. The second kappa shape index (κ2) is 8.43. The van der Waals surface area contributed by atoms with Crippen LogP contribution >= 0.6 is 0 Å². The van der Waals surface area contributed by atoms with Crippen molar-refractivity contribution in [2.24, 2.45) is 12.0 Å². The molecule has 0 amide bonds. The fourth-order valence-electron chi connectivity index (χ4n) is 3.09. The second-order valence-corrected chi connectivity index (χ2v) is 7.09. The third-order valence-electron chi connectivity index (χ3n) is 4.68. The fourth-order valence-corrected chi connectivity index (χ4v) is 3.09. The van der Waals surface area contributed by atoms with E-state index in [9.17, 15) is 5.11 Å². The van der Waals surface area contributed by atoms with Gasteiger partial charge in [0.15, 0.2) is 5.96 Å². The molecule has 1 aliphatic heterocycles. The summed E-state index contributed by atoms with van der Waals surface area (Å²) < 4.78 is 7.23. The molecule has 0 fully saturated rings. The number of hydrogen-bond donors (Lipinski definition) is 3. The van der Waals surface area contributed by atoms with E-state index in [1.54, 1.807) is 17.8 Å². The van der Waals surface area contributed by atoms with E-state index in [-0.39, 0.29) is 6.54 Å². The van der Waals surface area contributed by atoms with Gasteiger partial charge in [0.1, 0.15) is 11.4 Å². The molecule has 2 aromatic rings. The summed E-state index contributed by atoms with van der Waals surface area (Å²) >= 11 is 0. The second-order valence-electron chi connectivity index (χ2n) is 7.09. The number of ether oxygens (including phenoxy) is 1. The van der Waals surface area contributed by atoms with Gasteiger partial charge >= 0.3 is 0 Å². The number of nitrogens with one attached hydrogen (secondary N) is 2. The third-order valence-corrected chi connectivity index (χ3v) is 4.68. The van der Waals surface area contributed by atoms with E-state index in [0.717, 1.165) is 43.9 Å². The van der Waals surface area contributed by atoms with Gasteiger partial charge in [-0.2, -0.15) is 5.10 Å². The number of aryl methyl sites for hydroxylation is 1. The lowest BCUT2D eigenvalue weighted by atomic mass is 10.0. The summed E-state index contributed by atoms with van der Waals surface area (Å²) in [5, 5.41) is 21.4. The van der Waals surface area contributed by atoms with Crippen LogP contribution in [0.4, 0.5) is 0 Å². The van der Waals surface area contributed by atoms with Gasteiger partial charge in [0, 0.05) is 38.3 Å². The molecular weight excluding hydrogens is 342 g/mol. The standard InChI is InChI=1S/C20H29N5O2/c1-4-21-19(23-14-20(2,26)17-12-24-25(3)13-17)22-9-7-15-5-6-18-16(11-15)8-10-27-18/h5-6,11-13,26H,4,7-10,14H2,1-3H3,(H2,21,22,23). The summed E-state index contributed by atoms with van der Waals surface area (Å²) in [7, 11) is 1.83. The maximum atomic E-state index is 10.7.